The van der Waals surface area contributed by atoms with Crippen LogP contribution in [0.3, 0.4) is 0 Å². The van der Waals surface area contributed by atoms with Gasteiger partial charge in [-0.15, -0.1) is 0 Å². The van der Waals surface area contributed by atoms with Crippen molar-refractivity contribution in [3.63, 3.8) is 0 Å². The van der Waals surface area contributed by atoms with Crippen LogP contribution in [0.1, 0.15) is 72.6 Å². The number of nitrogens with one attached hydrogen (secondary N) is 1. The zero-order chi connectivity index (χ0) is 16.1. The van der Waals surface area contributed by atoms with Crippen molar-refractivity contribution in [2.45, 2.75) is 84.3 Å². The van der Waals surface area contributed by atoms with Crippen LogP contribution >= 0.6 is 0 Å². The standard InChI is InChI=1S/C17H34N2O2/c1-13(6-5-7-14(2)18)15(20)19-12-17(21)10-8-16(3,4)9-11-17/h13-14,21H,5-12,18H2,1-4H3,(H,19,20). The quantitative estimate of drug-likeness (QED) is 0.676. The van der Waals surface area contributed by atoms with Gasteiger partial charge in [-0.25, -0.2) is 0 Å². The van der Waals surface area contributed by atoms with E-state index in [1.807, 2.05) is 13.8 Å². The lowest BCUT2D eigenvalue weighted by Gasteiger charge is -2.40. The van der Waals surface area contributed by atoms with Crippen LogP contribution in [0.4, 0.5) is 0 Å². The molecule has 0 bridgehead atoms. The molecule has 4 nitrogen and oxygen atoms in total. The Kier molecular flexibility index (Phi) is 6.67. The summed E-state index contributed by atoms with van der Waals surface area (Å²) in [5, 5.41) is 13.5. The molecule has 0 spiro atoms. The summed E-state index contributed by atoms with van der Waals surface area (Å²) in [6.07, 6.45) is 6.38. The van der Waals surface area contributed by atoms with Gasteiger partial charge in [0, 0.05) is 18.5 Å². The highest BCUT2D eigenvalue weighted by molar-refractivity contribution is 5.78. The molecule has 1 fully saturated rings. The van der Waals surface area contributed by atoms with E-state index in [2.05, 4.69) is 19.2 Å². The fourth-order valence-electron chi connectivity index (χ4n) is 2.87. The average Bonchev–Trinajstić information content (AvgIpc) is 2.39. The van der Waals surface area contributed by atoms with Crippen molar-refractivity contribution in [2.24, 2.45) is 17.1 Å². The van der Waals surface area contributed by atoms with Crippen LogP contribution in [0, 0.1) is 11.3 Å². The molecule has 0 heterocycles. The van der Waals surface area contributed by atoms with Gasteiger partial charge < -0.3 is 16.2 Å². The number of aliphatic hydroxyl groups is 1. The van der Waals surface area contributed by atoms with Crippen LogP contribution in [0.25, 0.3) is 0 Å². The molecule has 2 unspecified atom stereocenters. The lowest BCUT2D eigenvalue weighted by atomic mass is 9.71. The van der Waals surface area contributed by atoms with E-state index in [-0.39, 0.29) is 17.9 Å². The van der Waals surface area contributed by atoms with Crippen molar-refractivity contribution in [3.05, 3.63) is 0 Å². The SMILES string of the molecule is CC(N)CCCC(C)C(=O)NCC1(O)CCC(C)(C)CC1. The normalized spacial score (nSPS) is 23.3. The van der Waals surface area contributed by atoms with E-state index in [4.69, 9.17) is 5.73 Å². The number of carbonyl (C=O) groups excluding carboxylic acids is 1. The summed E-state index contributed by atoms with van der Waals surface area (Å²) in [5.41, 5.74) is 5.33. The van der Waals surface area contributed by atoms with Gasteiger partial charge in [0.25, 0.3) is 0 Å². The van der Waals surface area contributed by atoms with Crippen molar-refractivity contribution >= 4 is 5.91 Å². The number of nitrogens with two attached hydrogens (primary N) is 1. The summed E-state index contributed by atoms with van der Waals surface area (Å²) in [6, 6.07) is 0.201. The molecule has 0 aromatic heterocycles. The van der Waals surface area contributed by atoms with Crippen LogP contribution in [-0.2, 0) is 4.79 Å². The van der Waals surface area contributed by atoms with Crippen LogP contribution in [-0.4, -0.2) is 29.2 Å². The first-order valence-electron chi connectivity index (χ1n) is 8.39. The molecule has 1 aliphatic carbocycles. The third-order valence-corrected chi connectivity index (χ3v) is 4.87. The molecule has 1 saturated carbocycles. The summed E-state index contributed by atoms with van der Waals surface area (Å²) in [5.74, 6) is 0.0466. The molecule has 124 valence electrons. The second-order valence-electron chi connectivity index (χ2n) is 7.92. The Morgan fingerprint density at radius 2 is 1.76 bits per heavy atom. The van der Waals surface area contributed by atoms with E-state index in [1.54, 1.807) is 0 Å². The maximum atomic E-state index is 12.1. The summed E-state index contributed by atoms with van der Waals surface area (Å²) in [7, 11) is 0. The maximum Gasteiger partial charge on any atom is 0.222 e. The molecule has 1 rings (SSSR count). The van der Waals surface area contributed by atoms with E-state index in [1.165, 1.54) is 0 Å². The van der Waals surface area contributed by atoms with Crippen LogP contribution in [0.2, 0.25) is 0 Å². The molecule has 0 saturated heterocycles. The molecule has 4 heteroatoms. The Morgan fingerprint density at radius 1 is 1.19 bits per heavy atom. The first-order valence-corrected chi connectivity index (χ1v) is 8.39. The summed E-state index contributed by atoms with van der Waals surface area (Å²) in [6.45, 7) is 8.81. The van der Waals surface area contributed by atoms with Crippen molar-refractivity contribution in [1.82, 2.24) is 5.32 Å². The zero-order valence-electron chi connectivity index (χ0n) is 14.2. The van der Waals surface area contributed by atoms with E-state index in [0.29, 0.717) is 12.0 Å². The molecular weight excluding hydrogens is 264 g/mol. The molecule has 2 atom stereocenters. The highest BCUT2D eigenvalue weighted by Crippen LogP contribution is 2.39. The molecule has 0 aromatic rings. The van der Waals surface area contributed by atoms with Gasteiger partial charge in [0.2, 0.25) is 5.91 Å². The number of rotatable bonds is 7. The van der Waals surface area contributed by atoms with Crippen LogP contribution in [0.5, 0.6) is 0 Å². The van der Waals surface area contributed by atoms with Crippen molar-refractivity contribution in [3.8, 4) is 0 Å². The Labute approximate surface area is 129 Å². The summed E-state index contributed by atoms with van der Waals surface area (Å²) < 4.78 is 0. The minimum absolute atomic E-state index is 0.00705. The Morgan fingerprint density at radius 3 is 2.29 bits per heavy atom. The summed E-state index contributed by atoms with van der Waals surface area (Å²) >= 11 is 0. The molecule has 4 N–H and O–H groups in total. The van der Waals surface area contributed by atoms with Gasteiger partial charge in [0.05, 0.1) is 5.60 Å². The molecule has 1 amide bonds. The van der Waals surface area contributed by atoms with Crippen LogP contribution in [0.15, 0.2) is 0 Å². The molecule has 21 heavy (non-hydrogen) atoms. The number of amides is 1. The van der Waals surface area contributed by atoms with Crippen molar-refractivity contribution in [1.29, 1.82) is 0 Å². The lowest BCUT2D eigenvalue weighted by Crippen LogP contribution is -2.47. The van der Waals surface area contributed by atoms with Crippen molar-refractivity contribution < 1.29 is 9.90 Å². The van der Waals surface area contributed by atoms with Crippen molar-refractivity contribution in [2.75, 3.05) is 6.54 Å². The van der Waals surface area contributed by atoms with Gasteiger partial charge in [-0.1, -0.05) is 27.2 Å². The molecule has 1 aliphatic rings. The second-order valence-corrected chi connectivity index (χ2v) is 7.92. The van der Waals surface area contributed by atoms with E-state index in [0.717, 1.165) is 44.9 Å². The van der Waals surface area contributed by atoms with Gasteiger partial charge in [-0.05, 0) is 50.9 Å². The molecular formula is C17H34N2O2. The predicted molar refractivity (Wildman–Crippen MR) is 86.9 cm³/mol. The van der Waals surface area contributed by atoms with Gasteiger partial charge in [0.1, 0.15) is 0 Å². The number of hydrogen-bond acceptors (Lipinski definition) is 3. The van der Waals surface area contributed by atoms with Gasteiger partial charge in [-0.3, -0.25) is 4.79 Å². The average molecular weight is 298 g/mol. The van der Waals surface area contributed by atoms with E-state index in [9.17, 15) is 9.90 Å². The monoisotopic (exact) mass is 298 g/mol. The smallest absolute Gasteiger partial charge is 0.222 e. The highest BCUT2D eigenvalue weighted by Gasteiger charge is 2.36. The van der Waals surface area contributed by atoms with E-state index >= 15 is 0 Å². The van der Waals surface area contributed by atoms with Gasteiger partial charge >= 0.3 is 0 Å². The second kappa shape index (κ2) is 7.59. The Bertz CT molecular complexity index is 330. The Hall–Kier alpha value is -0.610. The summed E-state index contributed by atoms with van der Waals surface area (Å²) in [4.78, 5) is 12.1. The Balaban J connectivity index is 2.29. The number of hydrogen-bond donors (Lipinski definition) is 3. The molecule has 0 aliphatic heterocycles. The molecule has 0 radical (unpaired) electrons. The minimum Gasteiger partial charge on any atom is -0.388 e. The first kappa shape index (κ1) is 18.4. The first-order chi connectivity index (χ1) is 9.64. The highest BCUT2D eigenvalue weighted by atomic mass is 16.3. The van der Waals surface area contributed by atoms with E-state index < -0.39 is 5.60 Å². The maximum absolute atomic E-state index is 12.1. The third-order valence-electron chi connectivity index (χ3n) is 4.87. The predicted octanol–water partition coefficient (Wildman–Crippen LogP) is 2.59. The largest absolute Gasteiger partial charge is 0.388 e. The zero-order valence-corrected chi connectivity index (χ0v) is 14.2. The third kappa shape index (κ3) is 6.79. The topological polar surface area (TPSA) is 75.4 Å². The lowest BCUT2D eigenvalue weighted by molar-refractivity contribution is -0.126. The van der Waals surface area contributed by atoms with Gasteiger partial charge in [-0.2, -0.15) is 0 Å². The van der Waals surface area contributed by atoms with Crippen LogP contribution < -0.4 is 11.1 Å². The fourth-order valence-corrected chi connectivity index (χ4v) is 2.87. The minimum atomic E-state index is -0.712. The number of carbonyl (C=O) groups is 1. The fraction of sp³-hybridized carbons (Fsp3) is 0.941. The van der Waals surface area contributed by atoms with Gasteiger partial charge in [0.15, 0.2) is 0 Å². The molecule has 0 aromatic carbocycles.